The number of carbonyl (C=O) groups excluding carboxylic acids is 5. The van der Waals surface area contributed by atoms with E-state index in [0.29, 0.717) is 44.6 Å². The van der Waals surface area contributed by atoms with Crippen molar-refractivity contribution in [1.82, 2.24) is 26.6 Å². The molecule has 10 N–H and O–H groups in total. The van der Waals surface area contributed by atoms with Crippen LogP contribution in [0.15, 0.2) is 66.7 Å². The first-order valence-electron chi connectivity index (χ1n) is 22.9. The van der Waals surface area contributed by atoms with Crippen molar-refractivity contribution in [3.8, 4) is 0 Å². The Kier molecular flexibility index (Phi) is 24.4. The summed E-state index contributed by atoms with van der Waals surface area (Å²) in [5, 5.41) is 42.4. The maximum atomic E-state index is 13.5. The summed E-state index contributed by atoms with van der Waals surface area (Å²) >= 11 is 0. The molecule has 0 aromatic heterocycles. The van der Waals surface area contributed by atoms with Gasteiger partial charge in [0.05, 0.1) is 7.32 Å². The maximum absolute atomic E-state index is 13.5. The molecule has 0 saturated heterocycles. The Labute approximate surface area is 405 Å². The van der Waals surface area contributed by atoms with Gasteiger partial charge in [-0.25, -0.2) is 20.9 Å². The van der Waals surface area contributed by atoms with E-state index in [1.54, 1.807) is 0 Å². The second kappa shape index (κ2) is 29.6. The van der Waals surface area contributed by atoms with Gasteiger partial charge in [0.15, 0.2) is 0 Å². The molecular formula is C49H66N6O11V. The first-order chi connectivity index (χ1) is 31.9. The van der Waals surface area contributed by atoms with Crippen LogP contribution in [0.5, 0.6) is 0 Å². The average Bonchev–Trinajstić information content (AvgIpc) is 3.28. The van der Waals surface area contributed by atoms with E-state index in [9.17, 15) is 48.6 Å². The number of rotatable bonds is 25. The second-order valence-corrected chi connectivity index (χ2v) is 17.2. The standard InChI is InChI=1S/C35H47N6O10.C14H19O.V/c36-19-29(42)38-20-21-8-12-24(13-9-21)31(45)39-28(18-22-10-11-23-5-1-2-6-25(23)17-22)32(46)37-16-4-3-7-26(33(47)48)40-35(51)41-27(34(49)50)14-15-30(43)44;1-10(2)9-13-5-7-14(8-6-13)11(3)12(4)15;/h1-2,5-6,10-11,17,19,21,24,26-28H,3-4,7-9,12-16,18,20,36H2,(H,37,46)(H,38,42)(H,39,45)(H,43,44)(H,47,48)(H,49,50)(H2,40,41,51);5-8,10-11H,4,9H2,1-3H3;/q2*-1;+2/i/hD. The molecule has 0 spiro atoms. The number of carbonyl (C=O) groups is 8. The fourth-order valence-corrected chi connectivity index (χ4v) is 7.57. The maximum Gasteiger partial charge on any atom is 2.00 e. The molecule has 363 valence electrons. The van der Waals surface area contributed by atoms with Crippen LogP contribution in [0.4, 0.5) is 4.79 Å². The van der Waals surface area contributed by atoms with Crippen LogP contribution in [0.25, 0.3) is 10.8 Å². The van der Waals surface area contributed by atoms with Crippen molar-refractivity contribution in [3.63, 3.8) is 0 Å². The zero-order chi connectivity index (χ0) is 49.5. The number of aliphatic carboxylic acids is 3. The Morgan fingerprint density at radius 2 is 1.36 bits per heavy atom. The third-order valence-corrected chi connectivity index (χ3v) is 11.5. The molecule has 1 fully saturated rings. The number of carboxylic acids is 3. The summed E-state index contributed by atoms with van der Waals surface area (Å²) in [5.41, 5.74) is 5.17. The molecule has 1 aliphatic rings. The SMILES string of the molecule is [2H]N[CH-]C(=O)NCC1CCC(C(=O)NC(Cc2ccc3ccccc3c2)C(=O)NCCCCC(NC(=O)NC(CCC(=O)O)C(=O)O)C(=O)O)CC1.[CH2-]C(=O)C(C)c1ccc(CC(C)C)cc1.[V+2]. The molecule has 0 aliphatic heterocycles. The molecule has 67 heavy (non-hydrogen) atoms. The molecule has 18 heteroatoms. The molecule has 1 radical (unpaired) electrons. The van der Waals surface area contributed by atoms with Gasteiger partial charge in [-0.2, -0.15) is 0 Å². The topological polar surface area (TPSA) is 283 Å². The molecule has 3 aromatic carbocycles. The Bertz CT molecular complexity index is 2130. The molecule has 17 nitrogen and oxygen atoms in total. The van der Waals surface area contributed by atoms with E-state index in [1.807, 2.05) is 67.2 Å². The molecule has 0 bridgehead atoms. The number of nitrogens with one attached hydrogen (secondary N) is 5. The Morgan fingerprint density at radius 1 is 0.746 bits per heavy atom. The number of benzene rings is 3. The number of amides is 5. The van der Waals surface area contributed by atoms with Crippen LogP contribution in [-0.2, 0) is 65.0 Å². The molecule has 3 aromatic rings. The Balaban J connectivity index is 0.000000841. The largest absolute Gasteiger partial charge is 2.00 e. The van der Waals surface area contributed by atoms with Crippen LogP contribution >= 0.6 is 0 Å². The zero-order valence-corrected chi connectivity index (χ0v) is 39.8. The number of hydrogen-bond acceptors (Lipinski definition) is 9. The van der Waals surface area contributed by atoms with Gasteiger partial charge in [-0.05, 0) is 97.1 Å². The monoisotopic (exact) mass is 966 g/mol. The van der Waals surface area contributed by atoms with Gasteiger partial charge in [0, 0.05) is 43.6 Å². The van der Waals surface area contributed by atoms with E-state index in [2.05, 4.69) is 59.5 Å². The number of carboxylic acid groups (broad SMARTS) is 3. The number of urea groups is 1. The van der Waals surface area contributed by atoms with Crippen molar-refractivity contribution in [2.45, 2.75) is 115 Å². The van der Waals surface area contributed by atoms with Gasteiger partial charge in [0.25, 0.3) is 0 Å². The number of hydrogen-bond donors (Lipinski definition) is 9. The van der Waals surface area contributed by atoms with Crippen molar-refractivity contribution in [3.05, 3.63) is 96.9 Å². The summed E-state index contributed by atoms with van der Waals surface area (Å²) < 4.78 is 6.87. The van der Waals surface area contributed by atoms with Crippen LogP contribution in [0, 0.1) is 31.2 Å². The van der Waals surface area contributed by atoms with Crippen LogP contribution in [0.3, 0.4) is 0 Å². The van der Waals surface area contributed by atoms with E-state index in [1.165, 1.54) is 5.56 Å². The Morgan fingerprint density at radius 3 is 1.94 bits per heavy atom. The third kappa shape index (κ3) is 21.0. The fraction of sp³-hybridized carbons (Fsp3) is 0.469. The van der Waals surface area contributed by atoms with E-state index in [0.717, 1.165) is 34.9 Å². The van der Waals surface area contributed by atoms with E-state index in [-0.39, 0.29) is 86.1 Å². The fourth-order valence-electron chi connectivity index (χ4n) is 7.57. The summed E-state index contributed by atoms with van der Waals surface area (Å²) in [6, 6.07) is 17.0. The predicted octanol–water partition coefficient (Wildman–Crippen LogP) is 4.66. The van der Waals surface area contributed by atoms with Gasteiger partial charge < -0.3 is 64.1 Å². The van der Waals surface area contributed by atoms with Crippen molar-refractivity contribution in [2.75, 3.05) is 13.1 Å². The minimum atomic E-state index is -1.52. The molecule has 4 rings (SSSR count). The van der Waals surface area contributed by atoms with Gasteiger partial charge in [-0.1, -0.05) is 87.5 Å². The van der Waals surface area contributed by atoms with E-state index in [4.69, 9.17) is 6.52 Å². The van der Waals surface area contributed by atoms with Crippen molar-refractivity contribution >= 4 is 58.2 Å². The molecule has 4 unspecified atom stereocenters. The number of ketones is 1. The third-order valence-electron chi connectivity index (χ3n) is 11.5. The number of unbranched alkanes of at least 4 members (excludes halogenated alkanes) is 1. The average molecular weight is 967 g/mol. The molecular weight excluding hydrogens is 900 g/mol. The quantitative estimate of drug-likeness (QED) is 0.0414. The Hall–Kier alpha value is -6.04. The molecule has 5 amide bonds. The van der Waals surface area contributed by atoms with E-state index >= 15 is 0 Å². The summed E-state index contributed by atoms with van der Waals surface area (Å²) in [4.78, 5) is 95.7. The normalized spacial score (nSPS) is 16.1. The summed E-state index contributed by atoms with van der Waals surface area (Å²) in [5.74, 6) is -4.65. The van der Waals surface area contributed by atoms with Gasteiger partial charge >= 0.3 is 42.5 Å². The molecule has 1 aliphatic carbocycles. The molecule has 1 saturated carbocycles. The number of nitrogens with two attached hydrogens (primary N) is 1. The molecule has 0 heterocycles. The second-order valence-electron chi connectivity index (χ2n) is 17.2. The zero-order valence-electron chi connectivity index (χ0n) is 39.4. The van der Waals surface area contributed by atoms with Crippen molar-refractivity contribution in [1.29, 1.82) is 0 Å². The van der Waals surface area contributed by atoms with Gasteiger partial charge in [-0.15, -0.1) is 0 Å². The smallest absolute Gasteiger partial charge is 0.481 e. The first kappa shape index (κ1) is 55.3. The number of fused-ring (bicyclic) bond motifs is 1. The van der Waals surface area contributed by atoms with Crippen molar-refractivity contribution in [2.24, 2.45) is 23.5 Å². The minimum Gasteiger partial charge on any atom is -0.481 e. The minimum absolute atomic E-state index is 0. The summed E-state index contributed by atoms with van der Waals surface area (Å²) in [6.07, 6.45) is 3.61. The van der Waals surface area contributed by atoms with Gasteiger partial charge in [0.2, 0.25) is 11.8 Å². The van der Waals surface area contributed by atoms with Crippen molar-refractivity contribution < 1.29 is 73.6 Å². The predicted molar refractivity (Wildman–Crippen MR) is 249 cm³/mol. The summed E-state index contributed by atoms with van der Waals surface area (Å²) in [6.45, 7) is 11.4. The molecule has 4 atom stereocenters. The van der Waals surface area contributed by atoms with Crippen LogP contribution in [0.1, 0.15) is 101 Å². The number of Topliss-reactive ketones (excluding diaryl/α,β-unsaturated/α-hetero) is 1. The summed E-state index contributed by atoms with van der Waals surface area (Å²) in [7, 11) is 0. The first-order valence-corrected chi connectivity index (χ1v) is 22.4. The van der Waals surface area contributed by atoms with E-state index < -0.39 is 54.4 Å². The van der Waals surface area contributed by atoms with Gasteiger partial charge in [-0.3, -0.25) is 14.4 Å². The van der Waals surface area contributed by atoms with Gasteiger partial charge in [0.1, 0.15) is 18.1 Å². The van der Waals surface area contributed by atoms with Crippen LogP contribution in [0.2, 0.25) is 1.41 Å². The van der Waals surface area contributed by atoms with Crippen LogP contribution in [-0.4, -0.2) is 94.0 Å². The van der Waals surface area contributed by atoms with Crippen LogP contribution < -0.4 is 32.3 Å².